The largest absolute Gasteiger partial charge is 0.298 e. The third-order valence-electron chi connectivity index (χ3n) is 8.50. The number of anilines is 1. The summed E-state index contributed by atoms with van der Waals surface area (Å²) in [5.74, 6) is -2.02. The standard InChI is InChI=1S/C31H27NO3/c1-18-15-16-22(19(2)17-18)32-27(33)25-26(28(32)34)31(4)24(21-13-9-6-10-14-21)23(30(25,3)29(31)35)20-11-7-5-8-12-20/h5-17,25-26H,1-4H3. The molecule has 0 N–H and O–H groups in total. The van der Waals surface area contributed by atoms with E-state index >= 15 is 0 Å². The van der Waals surface area contributed by atoms with E-state index in [1.54, 1.807) is 0 Å². The molecule has 4 nitrogen and oxygen atoms in total. The van der Waals surface area contributed by atoms with Crippen LogP contribution in [0.3, 0.4) is 0 Å². The van der Waals surface area contributed by atoms with Gasteiger partial charge < -0.3 is 0 Å². The van der Waals surface area contributed by atoms with Gasteiger partial charge in [0.2, 0.25) is 11.8 Å². The Morgan fingerprint density at radius 1 is 0.657 bits per heavy atom. The summed E-state index contributed by atoms with van der Waals surface area (Å²) >= 11 is 0. The molecule has 4 heteroatoms. The van der Waals surface area contributed by atoms with Gasteiger partial charge in [-0.25, -0.2) is 4.90 Å². The molecule has 0 aromatic heterocycles. The van der Waals surface area contributed by atoms with Crippen molar-refractivity contribution in [1.82, 2.24) is 0 Å². The van der Waals surface area contributed by atoms with Crippen molar-refractivity contribution >= 4 is 34.4 Å². The minimum Gasteiger partial charge on any atom is -0.298 e. The minimum atomic E-state index is -1.09. The van der Waals surface area contributed by atoms with Crippen LogP contribution in [0.25, 0.3) is 11.1 Å². The van der Waals surface area contributed by atoms with Crippen LogP contribution < -0.4 is 4.90 Å². The molecule has 1 saturated carbocycles. The first-order valence-corrected chi connectivity index (χ1v) is 12.1. The van der Waals surface area contributed by atoms with Gasteiger partial charge >= 0.3 is 0 Å². The molecule has 2 aliphatic carbocycles. The number of aryl methyl sites for hydroxylation is 2. The maximum absolute atomic E-state index is 14.3. The summed E-state index contributed by atoms with van der Waals surface area (Å²) in [4.78, 5) is 43.8. The lowest BCUT2D eigenvalue weighted by atomic mass is 9.63. The van der Waals surface area contributed by atoms with Crippen molar-refractivity contribution in [2.75, 3.05) is 4.90 Å². The number of fused-ring (bicyclic) bond motifs is 5. The number of nitrogens with zero attached hydrogens (tertiary/aromatic N) is 1. The summed E-state index contributed by atoms with van der Waals surface area (Å²) in [6.45, 7) is 7.67. The highest BCUT2D eigenvalue weighted by atomic mass is 16.2. The Morgan fingerprint density at radius 3 is 1.54 bits per heavy atom. The molecule has 2 bridgehead atoms. The highest BCUT2D eigenvalue weighted by Gasteiger charge is 2.78. The molecule has 6 rings (SSSR count). The number of imide groups is 1. The maximum atomic E-state index is 14.3. The smallest absolute Gasteiger partial charge is 0.239 e. The second kappa shape index (κ2) is 7.11. The number of allylic oxidation sites excluding steroid dienone is 2. The molecular weight excluding hydrogens is 434 g/mol. The summed E-state index contributed by atoms with van der Waals surface area (Å²) in [7, 11) is 0. The van der Waals surface area contributed by atoms with Crippen LogP contribution in [0.5, 0.6) is 0 Å². The van der Waals surface area contributed by atoms with Gasteiger partial charge in [-0.15, -0.1) is 0 Å². The van der Waals surface area contributed by atoms with E-state index in [1.807, 2.05) is 107 Å². The molecule has 174 valence electrons. The third kappa shape index (κ3) is 2.54. The van der Waals surface area contributed by atoms with Crippen LogP contribution in [-0.2, 0) is 14.4 Å². The van der Waals surface area contributed by atoms with Gasteiger partial charge in [-0.05, 0) is 61.6 Å². The second-order valence-electron chi connectivity index (χ2n) is 10.5. The van der Waals surface area contributed by atoms with Gasteiger partial charge in [0, 0.05) is 0 Å². The first kappa shape index (κ1) is 21.7. The van der Waals surface area contributed by atoms with Crippen LogP contribution in [0.2, 0.25) is 0 Å². The van der Waals surface area contributed by atoms with Crippen LogP contribution >= 0.6 is 0 Å². The number of benzene rings is 3. The number of Topliss-reactive ketones (excluding diaryl/α,β-unsaturated/α-hetero) is 1. The summed E-state index contributed by atoms with van der Waals surface area (Å²) < 4.78 is 0. The minimum absolute atomic E-state index is 0.0281. The number of rotatable bonds is 3. The van der Waals surface area contributed by atoms with Crippen molar-refractivity contribution in [3.05, 3.63) is 101 Å². The predicted molar refractivity (Wildman–Crippen MR) is 136 cm³/mol. The lowest BCUT2D eigenvalue weighted by molar-refractivity contribution is -0.133. The van der Waals surface area contributed by atoms with Crippen LogP contribution in [0.1, 0.15) is 36.1 Å². The normalized spacial score (nSPS) is 29.4. The number of hydrogen-bond acceptors (Lipinski definition) is 3. The zero-order valence-electron chi connectivity index (χ0n) is 20.3. The number of hydrogen-bond donors (Lipinski definition) is 0. The van der Waals surface area contributed by atoms with E-state index in [0.717, 1.165) is 33.4 Å². The molecule has 4 atom stereocenters. The van der Waals surface area contributed by atoms with Crippen molar-refractivity contribution < 1.29 is 14.4 Å². The van der Waals surface area contributed by atoms with Gasteiger partial charge in [-0.1, -0.05) is 78.4 Å². The second-order valence-corrected chi connectivity index (χ2v) is 10.5. The highest BCUT2D eigenvalue weighted by molar-refractivity contribution is 6.34. The topological polar surface area (TPSA) is 54.5 Å². The highest BCUT2D eigenvalue weighted by Crippen LogP contribution is 2.73. The summed E-state index contributed by atoms with van der Waals surface area (Å²) in [6.07, 6.45) is 0. The first-order chi connectivity index (χ1) is 16.7. The Bertz CT molecular complexity index is 1370. The molecule has 2 fully saturated rings. The molecule has 1 heterocycles. The fourth-order valence-electron chi connectivity index (χ4n) is 7.10. The van der Waals surface area contributed by atoms with Crippen LogP contribution in [0, 0.1) is 36.5 Å². The fraction of sp³-hybridized carbons (Fsp3) is 0.258. The van der Waals surface area contributed by atoms with Crippen molar-refractivity contribution in [2.45, 2.75) is 27.7 Å². The Labute approximate surface area is 205 Å². The van der Waals surface area contributed by atoms with Gasteiger partial charge in [0.25, 0.3) is 0 Å². The zero-order valence-corrected chi connectivity index (χ0v) is 20.3. The lowest BCUT2D eigenvalue weighted by Crippen LogP contribution is -2.40. The van der Waals surface area contributed by atoms with Crippen molar-refractivity contribution in [3.8, 4) is 0 Å². The van der Waals surface area contributed by atoms with E-state index < -0.39 is 22.7 Å². The Balaban J connectivity index is 1.62. The van der Waals surface area contributed by atoms with Crippen LogP contribution in [0.4, 0.5) is 5.69 Å². The molecule has 2 amide bonds. The average molecular weight is 462 g/mol. The molecule has 1 saturated heterocycles. The zero-order chi connectivity index (χ0) is 24.7. The summed E-state index contributed by atoms with van der Waals surface area (Å²) in [5.41, 5.74) is 3.98. The number of amides is 2. The molecule has 4 unspecified atom stereocenters. The van der Waals surface area contributed by atoms with E-state index in [9.17, 15) is 14.4 Å². The monoisotopic (exact) mass is 461 g/mol. The molecule has 3 aliphatic rings. The van der Waals surface area contributed by atoms with Gasteiger partial charge in [0.15, 0.2) is 5.78 Å². The van der Waals surface area contributed by atoms with Crippen LogP contribution in [0.15, 0.2) is 78.9 Å². The molecule has 0 radical (unpaired) electrons. The molecular formula is C31H27NO3. The van der Waals surface area contributed by atoms with Crippen molar-refractivity contribution in [3.63, 3.8) is 0 Å². The molecule has 0 spiro atoms. The molecule has 3 aromatic carbocycles. The molecule has 1 aliphatic heterocycles. The summed E-state index contributed by atoms with van der Waals surface area (Å²) in [5, 5.41) is 0. The number of carbonyl (C=O) groups is 3. The van der Waals surface area contributed by atoms with Crippen molar-refractivity contribution in [2.24, 2.45) is 22.7 Å². The third-order valence-corrected chi connectivity index (χ3v) is 8.50. The van der Waals surface area contributed by atoms with Gasteiger partial charge in [-0.3, -0.25) is 14.4 Å². The first-order valence-electron chi connectivity index (χ1n) is 12.1. The van der Waals surface area contributed by atoms with Gasteiger partial charge in [-0.2, -0.15) is 0 Å². The Morgan fingerprint density at radius 2 is 1.11 bits per heavy atom. The lowest BCUT2D eigenvalue weighted by Gasteiger charge is -2.35. The maximum Gasteiger partial charge on any atom is 0.239 e. The van der Waals surface area contributed by atoms with E-state index in [1.165, 1.54) is 4.90 Å². The fourth-order valence-corrected chi connectivity index (χ4v) is 7.10. The van der Waals surface area contributed by atoms with Crippen molar-refractivity contribution in [1.29, 1.82) is 0 Å². The Hall–Kier alpha value is -3.79. The molecule has 35 heavy (non-hydrogen) atoms. The SMILES string of the molecule is Cc1ccc(N2C(=O)C3C(C2=O)C2(C)C(=O)C3(C)C(c3ccccc3)=C2c2ccccc2)c(C)c1. The van der Waals surface area contributed by atoms with E-state index in [2.05, 4.69) is 0 Å². The summed E-state index contributed by atoms with van der Waals surface area (Å²) in [6, 6.07) is 25.4. The van der Waals surface area contributed by atoms with E-state index in [-0.39, 0.29) is 17.6 Å². The predicted octanol–water partition coefficient (Wildman–Crippen LogP) is 5.63. The van der Waals surface area contributed by atoms with E-state index in [0.29, 0.717) is 5.69 Å². The average Bonchev–Trinajstić information content (AvgIpc) is 3.30. The van der Waals surface area contributed by atoms with Gasteiger partial charge in [0.1, 0.15) is 0 Å². The Kier molecular flexibility index (Phi) is 4.41. The van der Waals surface area contributed by atoms with Gasteiger partial charge in [0.05, 0.1) is 28.4 Å². The quantitative estimate of drug-likeness (QED) is 0.475. The number of carbonyl (C=O) groups excluding carboxylic acids is 3. The number of ketones is 1. The van der Waals surface area contributed by atoms with E-state index in [4.69, 9.17) is 0 Å². The van der Waals surface area contributed by atoms with Crippen LogP contribution in [-0.4, -0.2) is 17.6 Å². The molecule has 3 aromatic rings.